The van der Waals surface area contributed by atoms with Gasteiger partial charge in [0.25, 0.3) is 5.91 Å². The van der Waals surface area contributed by atoms with E-state index >= 15 is 0 Å². The molecule has 0 unspecified atom stereocenters. The lowest BCUT2D eigenvalue weighted by atomic mass is 9.94. The molecule has 1 aromatic rings. The van der Waals surface area contributed by atoms with Crippen LogP contribution < -0.4 is 5.32 Å². The fraction of sp³-hybridized carbons (Fsp3) is 0.750. The zero-order valence-corrected chi connectivity index (χ0v) is 12.9. The van der Waals surface area contributed by atoms with E-state index in [-0.39, 0.29) is 5.91 Å². The Kier molecular flexibility index (Phi) is 4.58. The van der Waals surface area contributed by atoms with Crippen LogP contribution in [0.5, 0.6) is 0 Å². The van der Waals surface area contributed by atoms with Crippen molar-refractivity contribution in [1.29, 1.82) is 0 Å². The first kappa shape index (κ1) is 14.6. The Morgan fingerprint density at radius 1 is 1.33 bits per heavy atom. The van der Waals surface area contributed by atoms with Gasteiger partial charge in [-0.05, 0) is 37.8 Å². The highest BCUT2D eigenvalue weighted by Gasteiger charge is 2.29. The Balaban J connectivity index is 1.43. The van der Waals surface area contributed by atoms with Gasteiger partial charge >= 0.3 is 0 Å². The minimum atomic E-state index is -0.0493. The maximum Gasteiger partial charge on any atom is 0.271 e. The number of likely N-dealkylation sites (tertiary alicyclic amines) is 1. The van der Waals surface area contributed by atoms with Crippen molar-refractivity contribution in [1.82, 2.24) is 20.0 Å². The first-order valence-corrected chi connectivity index (χ1v) is 8.24. The summed E-state index contributed by atoms with van der Waals surface area (Å²) in [6.45, 7) is 3.13. The monoisotopic (exact) mass is 290 g/mol. The maximum atomic E-state index is 12.0. The van der Waals surface area contributed by atoms with Crippen LogP contribution >= 0.6 is 0 Å². The zero-order valence-electron chi connectivity index (χ0n) is 12.9. The van der Waals surface area contributed by atoms with Gasteiger partial charge in [0.05, 0.1) is 0 Å². The lowest BCUT2D eigenvalue weighted by Gasteiger charge is -2.31. The number of carbonyl (C=O) groups is 1. The van der Waals surface area contributed by atoms with Gasteiger partial charge in [-0.15, -0.1) is 0 Å². The van der Waals surface area contributed by atoms with Crippen LogP contribution in [-0.4, -0.2) is 46.3 Å². The molecule has 0 bridgehead atoms. The summed E-state index contributed by atoms with van der Waals surface area (Å²) in [6.07, 6.45) is 9.94. The van der Waals surface area contributed by atoms with Gasteiger partial charge in [-0.2, -0.15) is 5.10 Å². The lowest BCUT2D eigenvalue weighted by molar-refractivity contribution is 0.0940. The fourth-order valence-electron chi connectivity index (χ4n) is 3.67. The van der Waals surface area contributed by atoms with Crippen molar-refractivity contribution < 1.29 is 4.79 Å². The molecule has 2 heterocycles. The SMILES string of the molecule is Cn1ccc(C(=O)NC[C@H]2CCN(C3CCCCC3)C2)n1. The molecule has 5 nitrogen and oxygen atoms in total. The van der Waals surface area contributed by atoms with Gasteiger partial charge in [-0.3, -0.25) is 9.48 Å². The van der Waals surface area contributed by atoms with Gasteiger partial charge in [0.1, 0.15) is 5.69 Å². The smallest absolute Gasteiger partial charge is 0.271 e. The van der Waals surface area contributed by atoms with E-state index in [9.17, 15) is 4.79 Å². The van der Waals surface area contributed by atoms with Crippen LogP contribution in [0.1, 0.15) is 49.0 Å². The molecule has 2 aliphatic rings. The molecule has 0 radical (unpaired) electrons. The van der Waals surface area contributed by atoms with Crippen molar-refractivity contribution in [2.24, 2.45) is 13.0 Å². The Bertz CT molecular complexity index is 478. The van der Waals surface area contributed by atoms with Gasteiger partial charge in [0.2, 0.25) is 0 Å². The molecule has 1 saturated carbocycles. The summed E-state index contributed by atoms with van der Waals surface area (Å²) in [5.74, 6) is 0.548. The zero-order chi connectivity index (χ0) is 14.7. The van der Waals surface area contributed by atoms with Crippen LogP contribution in [0.25, 0.3) is 0 Å². The van der Waals surface area contributed by atoms with E-state index < -0.39 is 0 Å². The van der Waals surface area contributed by atoms with Crippen molar-refractivity contribution >= 4 is 5.91 Å². The fourth-order valence-corrected chi connectivity index (χ4v) is 3.67. The van der Waals surface area contributed by atoms with Crippen molar-refractivity contribution in [2.45, 2.75) is 44.6 Å². The highest BCUT2D eigenvalue weighted by Crippen LogP contribution is 2.27. The molecular formula is C16H26N4O. The van der Waals surface area contributed by atoms with Gasteiger partial charge in [-0.25, -0.2) is 0 Å². The third-order valence-electron chi connectivity index (χ3n) is 4.91. The molecule has 1 aromatic heterocycles. The summed E-state index contributed by atoms with van der Waals surface area (Å²) in [5, 5.41) is 7.17. The molecule has 1 aliphatic carbocycles. The summed E-state index contributed by atoms with van der Waals surface area (Å²) in [7, 11) is 1.83. The predicted octanol–water partition coefficient (Wildman–Crippen LogP) is 1.80. The molecule has 1 saturated heterocycles. The topological polar surface area (TPSA) is 50.2 Å². The number of aromatic nitrogens is 2. The summed E-state index contributed by atoms with van der Waals surface area (Å²) in [4.78, 5) is 14.6. The second kappa shape index (κ2) is 6.60. The van der Waals surface area contributed by atoms with E-state index in [1.807, 2.05) is 7.05 Å². The molecule has 0 aromatic carbocycles. The van der Waals surface area contributed by atoms with Crippen molar-refractivity contribution in [3.8, 4) is 0 Å². The van der Waals surface area contributed by atoms with Gasteiger partial charge in [0, 0.05) is 32.4 Å². The highest BCUT2D eigenvalue weighted by molar-refractivity contribution is 5.92. The number of carbonyl (C=O) groups excluding carboxylic acids is 1. The molecule has 1 amide bonds. The van der Waals surface area contributed by atoms with Crippen molar-refractivity contribution in [3.63, 3.8) is 0 Å². The molecule has 116 valence electrons. The second-order valence-corrected chi connectivity index (χ2v) is 6.53. The molecule has 1 aliphatic heterocycles. The Morgan fingerprint density at radius 3 is 2.86 bits per heavy atom. The number of aryl methyl sites for hydroxylation is 1. The van der Waals surface area contributed by atoms with E-state index in [1.165, 1.54) is 45.1 Å². The third kappa shape index (κ3) is 3.64. The molecule has 21 heavy (non-hydrogen) atoms. The van der Waals surface area contributed by atoms with E-state index in [0.717, 1.165) is 19.1 Å². The average Bonchev–Trinajstić information content (AvgIpc) is 3.15. The first-order chi connectivity index (χ1) is 10.2. The minimum absolute atomic E-state index is 0.0493. The number of amides is 1. The van der Waals surface area contributed by atoms with E-state index in [4.69, 9.17) is 0 Å². The number of nitrogens with one attached hydrogen (secondary N) is 1. The van der Waals surface area contributed by atoms with Crippen LogP contribution in [0.4, 0.5) is 0 Å². The van der Waals surface area contributed by atoms with Crippen LogP contribution in [0.2, 0.25) is 0 Å². The Morgan fingerprint density at radius 2 is 2.14 bits per heavy atom. The van der Waals surface area contributed by atoms with Crippen LogP contribution in [0, 0.1) is 5.92 Å². The molecule has 0 spiro atoms. The summed E-state index contributed by atoms with van der Waals surface area (Å²) in [6, 6.07) is 2.56. The normalized spacial score (nSPS) is 24.3. The lowest BCUT2D eigenvalue weighted by Crippen LogP contribution is -2.36. The predicted molar refractivity (Wildman–Crippen MR) is 82.1 cm³/mol. The van der Waals surface area contributed by atoms with Crippen LogP contribution in [-0.2, 0) is 7.05 Å². The molecule has 1 N–H and O–H groups in total. The summed E-state index contributed by atoms with van der Waals surface area (Å²) >= 11 is 0. The molecule has 3 rings (SSSR count). The highest BCUT2D eigenvalue weighted by atomic mass is 16.1. The number of hydrogen-bond donors (Lipinski definition) is 1. The van der Waals surface area contributed by atoms with Gasteiger partial charge in [0.15, 0.2) is 0 Å². The van der Waals surface area contributed by atoms with Crippen LogP contribution in [0.3, 0.4) is 0 Å². The number of nitrogens with zero attached hydrogens (tertiary/aromatic N) is 3. The van der Waals surface area contributed by atoms with Crippen LogP contribution in [0.15, 0.2) is 12.3 Å². The maximum absolute atomic E-state index is 12.0. The summed E-state index contributed by atoms with van der Waals surface area (Å²) in [5.41, 5.74) is 0.514. The average molecular weight is 290 g/mol. The third-order valence-corrected chi connectivity index (χ3v) is 4.91. The largest absolute Gasteiger partial charge is 0.350 e. The molecule has 5 heteroatoms. The number of rotatable bonds is 4. The standard InChI is InChI=1S/C16H26N4O/c1-19-9-8-15(18-19)16(21)17-11-13-7-10-20(12-13)14-5-3-2-4-6-14/h8-9,13-14H,2-7,10-12H2,1H3,(H,17,21)/t13-/m1/s1. The quantitative estimate of drug-likeness (QED) is 0.920. The summed E-state index contributed by atoms with van der Waals surface area (Å²) < 4.78 is 1.66. The van der Waals surface area contributed by atoms with Crippen molar-refractivity contribution in [3.05, 3.63) is 18.0 Å². The second-order valence-electron chi connectivity index (χ2n) is 6.53. The van der Waals surface area contributed by atoms with E-state index in [1.54, 1.807) is 16.9 Å². The molecular weight excluding hydrogens is 264 g/mol. The van der Waals surface area contributed by atoms with Crippen molar-refractivity contribution in [2.75, 3.05) is 19.6 Å². The van der Waals surface area contributed by atoms with E-state index in [2.05, 4.69) is 15.3 Å². The minimum Gasteiger partial charge on any atom is -0.350 e. The molecule has 1 atom stereocenters. The Hall–Kier alpha value is -1.36. The number of hydrogen-bond acceptors (Lipinski definition) is 3. The van der Waals surface area contributed by atoms with E-state index in [0.29, 0.717) is 11.6 Å². The first-order valence-electron chi connectivity index (χ1n) is 8.24. The van der Waals surface area contributed by atoms with Gasteiger partial charge in [-0.1, -0.05) is 19.3 Å². The molecule has 2 fully saturated rings. The van der Waals surface area contributed by atoms with Gasteiger partial charge < -0.3 is 10.2 Å². The Labute approximate surface area is 126 Å².